The molecule has 2 heterocycles. The number of hydrogen-bond acceptors (Lipinski definition) is 22. The topological polar surface area (TPSA) is 379 Å². The molecule has 0 spiro atoms. The number of aliphatic hydroxyl groups excluding tert-OH is 12. The number of carboxylic acid groups (broad SMARTS) is 1. The van der Waals surface area contributed by atoms with Crippen molar-refractivity contribution in [3.05, 3.63) is 23.3 Å². The van der Waals surface area contributed by atoms with E-state index in [0.29, 0.717) is 37.7 Å². The van der Waals surface area contributed by atoms with Crippen molar-refractivity contribution in [3.63, 3.8) is 0 Å². The van der Waals surface area contributed by atoms with Crippen molar-refractivity contribution in [2.24, 2.45) is 56.2 Å². The van der Waals surface area contributed by atoms with Crippen molar-refractivity contribution in [2.45, 2.75) is 224 Å². The van der Waals surface area contributed by atoms with E-state index in [9.17, 15) is 80.8 Å². The number of aliphatic carboxylic acids is 1. The highest BCUT2D eigenvalue weighted by atomic mass is 16.8. The minimum absolute atomic E-state index is 0.0731. The maximum absolute atomic E-state index is 13.4. The molecule has 5 saturated carbocycles. The van der Waals surface area contributed by atoms with Crippen LogP contribution in [0.5, 0.6) is 0 Å². The van der Waals surface area contributed by atoms with E-state index in [-0.39, 0.29) is 31.1 Å². The number of carbonyl (C=O) groups excluding carboxylic acids is 2. The molecule has 0 aromatic heterocycles. The zero-order valence-electron chi connectivity index (χ0n) is 46.7. The molecule has 8 aliphatic rings. The van der Waals surface area contributed by atoms with E-state index in [0.717, 1.165) is 5.57 Å². The van der Waals surface area contributed by atoms with Gasteiger partial charge in [-0.1, -0.05) is 59.3 Å². The molecule has 79 heavy (non-hydrogen) atoms. The van der Waals surface area contributed by atoms with E-state index in [1.807, 2.05) is 20.8 Å². The summed E-state index contributed by atoms with van der Waals surface area (Å²) in [6, 6.07) is 0. The van der Waals surface area contributed by atoms with Crippen molar-refractivity contribution in [2.75, 3.05) is 26.4 Å². The van der Waals surface area contributed by atoms with Crippen molar-refractivity contribution in [1.29, 1.82) is 0 Å². The summed E-state index contributed by atoms with van der Waals surface area (Å²) in [6.45, 7) is 14.4. The number of fused-ring (bicyclic) bond motifs is 7. The lowest BCUT2D eigenvalue weighted by Crippen LogP contribution is -2.72. The Bertz CT molecular complexity index is 2290. The van der Waals surface area contributed by atoms with E-state index in [2.05, 4.69) is 26.8 Å². The van der Waals surface area contributed by atoms with Gasteiger partial charge in [-0.15, -0.1) is 0 Å². The maximum atomic E-state index is 13.4. The van der Waals surface area contributed by atoms with Crippen LogP contribution in [0.2, 0.25) is 0 Å². The van der Waals surface area contributed by atoms with Gasteiger partial charge in [-0.3, -0.25) is 4.79 Å². The maximum Gasteiger partial charge on any atom is 0.335 e. The van der Waals surface area contributed by atoms with E-state index in [4.69, 9.17) is 33.2 Å². The van der Waals surface area contributed by atoms with Crippen LogP contribution in [0, 0.1) is 56.2 Å². The van der Waals surface area contributed by atoms with Crippen LogP contribution in [-0.2, 0) is 47.5 Å². The van der Waals surface area contributed by atoms with Gasteiger partial charge < -0.3 is 99.5 Å². The highest BCUT2D eigenvalue weighted by molar-refractivity contribution is 5.87. The molecule has 27 atom stereocenters. The van der Waals surface area contributed by atoms with Crippen LogP contribution in [0.1, 0.15) is 114 Å². The lowest BCUT2D eigenvalue weighted by Gasteiger charge is -2.72. The summed E-state index contributed by atoms with van der Waals surface area (Å²) in [5, 5.41) is 144. The average molecular weight is 1130 g/mol. The first-order valence-corrected chi connectivity index (χ1v) is 28.0. The Morgan fingerprint density at radius 2 is 1.37 bits per heavy atom. The second-order valence-corrected chi connectivity index (χ2v) is 26.0. The smallest absolute Gasteiger partial charge is 0.335 e. The number of esters is 2. The minimum atomic E-state index is -2.10. The third-order valence-corrected chi connectivity index (χ3v) is 21.6. The molecule has 0 aromatic carbocycles. The SMILES string of the molecule is C/C=C(/C)C(=O)O[C@H]1[C@H](OC(C)=O)[C@@]2(CO)C(CC1(C)C)C1=CCC3[C@@]4(C)CC[C@H](O[C@@H]5OC(C(=O)O)[C@@H](O[C@@H]6CC(CO)[C@@H](O)[C@@H](O)C6O)[C@@H](O)C5O[C@@H]5OC(CO)[C@@H](O)[C@@H](O)C5O)[C@](C)(CO)C4CC[C@@]3(C)[C@]1(C)C[C@H]2O. The van der Waals surface area contributed by atoms with Crippen LogP contribution < -0.4 is 0 Å². The predicted octanol–water partition coefficient (Wildman–Crippen LogP) is -0.657. The van der Waals surface area contributed by atoms with Crippen molar-refractivity contribution >= 4 is 17.9 Å². The molecule has 8 rings (SSSR count). The highest BCUT2D eigenvalue weighted by Gasteiger charge is 2.74. The first kappa shape index (κ1) is 62.3. The third-order valence-electron chi connectivity index (χ3n) is 21.6. The molecule has 6 aliphatic carbocycles. The first-order valence-electron chi connectivity index (χ1n) is 28.0. The largest absolute Gasteiger partial charge is 0.479 e. The quantitative estimate of drug-likeness (QED) is 0.0444. The molecule has 7 fully saturated rings. The fraction of sp³-hybridized carbons (Fsp3) is 0.875. The van der Waals surface area contributed by atoms with Crippen molar-refractivity contribution in [3.8, 4) is 0 Å². The highest BCUT2D eigenvalue weighted by Crippen LogP contribution is 2.76. The summed E-state index contributed by atoms with van der Waals surface area (Å²) in [4.78, 5) is 39.6. The standard InChI is InChI=1S/C56H88O23/c1-10-24(2)48(72)79-45-46(73-25(3)61)56(23-60)28(18-51(45,4)5)27-11-12-32-52(6)15-14-34(53(7,22-59)31(52)13-16-54(32,8)55(27,9)19-33(56)62)76-50-43(77-49-40(68)39(67)37(65)30(21-58)75-49)41(69)42(44(78-50)47(70)71)74-29-17-26(20-57)35(63)38(66)36(29)64/h10-11,26,28-46,49-50,57-60,62-69H,12-23H2,1-9H3,(H,70,71)/b24-10-/t26?,28?,29-,30?,31?,32?,33-,34+,35-,36?,37-,38-,39-,40?,41-,42+,43?,44?,45+,46+,49+,50-,52+,53-,54-,55-,56+/m1/s1. The van der Waals surface area contributed by atoms with Gasteiger partial charge in [0.2, 0.25) is 0 Å². The van der Waals surface area contributed by atoms with E-state index in [1.165, 1.54) is 6.92 Å². The summed E-state index contributed by atoms with van der Waals surface area (Å²) < 4.78 is 43.1. The number of ether oxygens (including phenoxy) is 7. The van der Waals surface area contributed by atoms with E-state index < -0.39 is 199 Å². The Balaban J connectivity index is 1.12. The van der Waals surface area contributed by atoms with Crippen LogP contribution in [0.3, 0.4) is 0 Å². The molecule has 0 radical (unpaired) electrons. The van der Waals surface area contributed by atoms with Gasteiger partial charge in [0, 0.05) is 35.9 Å². The molecule has 23 nitrogen and oxygen atoms in total. The molecular formula is C56H88O23. The zero-order chi connectivity index (χ0) is 58.4. The number of aliphatic hydroxyl groups is 12. The molecule has 0 amide bonds. The molecule has 13 N–H and O–H groups in total. The third kappa shape index (κ3) is 9.96. The molecule has 9 unspecified atom stereocenters. The summed E-state index contributed by atoms with van der Waals surface area (Å²) >= 11 is 0. The van der Waals surface area contributed by atoms with Crippen molar-refractivity contribution < 1.29 is 114 Å². The molecule has 450 valence electrons. The Hall–Kier alpha value is -2.79. The second-order valence-electron chi connectivity index (χ2n) is 26.0. The Labute approximate surface area is 460 Å². The van der Waals surface area contributed by atoms with E-state index in [1.54, 1.807) is 19.9 Å². The number of rotatable bonds is 14. The molecule has 23 heteroatoms. The fourth-order valence-corrected chi connectivity index (χ4v) is 16.7. The van der Waals surface area contributed by atoms with Crippen molar-refractivity contribution in [1.82, 2.24) is 0 Å². The monoisotopic (exact) mass is 1130 g/mol. The summed E-state index contributed by atoms with van der Waals surface area (Å²) in [5.74, 6) is -4.81. The second kappa shape index (κ2) is 22.7. The Morgan fingerprint density at radius 1 is 0.696 bits per heavy atom. The van der Waals surface area contributed by atoms with Gasteiger partial charge >= 0.3 is 17.9 Å². The van der Waals surface area contributed by atoms with Crippen LogP contribution in [0.25, 0.3) is 0 Å². The van der Waals surface area contributed by atoms with Crippen LogP contribution >= 0.6 is 0 Å². The Kier molecular flexibility index (Phi) is 17.9. The summed E-state index contributed by atoms with van der Waals surface area (Å²) in [7, 11) is 0. The molecule has 0 aromatic rings. The number of hydrogen-bond donors (Lipinski definition) is 13. The number of carboxylic acids is 1. The van der Waals surface area contributed by atoms with Gasteiger partial charge in [-0.25, -0.2) is 9.59 Å². The zero-order valence-corrected chi connectivity index (χ0v) is 46.7. The number of carbonyl (C=O) groups is 3. The fourth-order valence-electron chi connectivity index (χ4n) is 16.7. The minimum Gasteiger partial charge on any atom is -0.479 e. The lowest BCUT2D eigenvalue weighted by molar-refractivity contribution is -0.381. The molecule has 0 bridgehead atoms. The molecule has 2 aliphatic heterocycles. The van der Waals surface area contributed by atoms with Crippen LogP contribution in [-0.4, -0.2) is 221 Å². The molecule has 2 saturated heterocycles. The first-order chi connectivity index (χ1) is 36.9. The van der Waals surface area contributed by atoms with Gasteiger partial charge in [0.1, 0.15) is 67.1 Å². The average Bonchev–Trinajstić information content (AvgIpc) is 3.25. The van der Waals surface area contributed by atoms with Gasteiger partial charge in [0.15, 0.2) is 18.7 Å². The Morgan fingerprint density at radius 3 is 1.96 bits per heavy atom. The predicted molar refractivity (Wildman–Crippen MR) is 272 cm³/mol. The van der Waals surface area contributed by atoms with Gasteiger partial charge in [-0.2, -0.15) is 0 Å². The van der Waals surface area contributed by atoms with Crippen LogP contribution in [0.15, 0.2) is 23.3 Å². The number of allylic oxidation sites excluding steroid dienone is 3. The normalized spacial score (nSPS) is 50.6. The van der Waals surface area contributed by atoms with Gasteiger partial charge in [-0.05, 0) is 99.2 Å². The van der Waals surface area contributed by atoms with Gasteiger partial charge in [0.05, 0.1) is 49.7 Å². The lowest BCUT2D eigenvalue weighted by atomic mass is 9.33. The summed E-state index contributed by atoms with van der Waals surface area (Å²) in [6.07, 6.45) is -23.6. The summed E-state index contributed by atoms with van der Waals surface area (Å²) in [5.41, 5.74) is -3.71. The van der Waals surface area contributed by atoms with Gasteiger partial charge in [0.25, 0.3) is 0 Å². The van der Waals surface area contributed by atoms with Crippen LogP contribution in [0.4, 0.5) is 0 Å². The van der Waals surface area contributed by atoms with E-state index >= 15 is 0 Å². The molecular weight excluding hydrogens is 1040 g/mol.